The lowest BCUT2D eigenvalue weighted by Gasteiger charge is -2.31. The first-order chi connectivity index (χ1) is 11.5. The van der Waals surface area contributed by atoms with Gasteiger partial charge in [0.1, 0.15) is 0 Å². The minimum atomic E-state index is -0.823. The van der Waals surface area contributed by atoms with Crippen LogP contribution in [0.15, 0.2) is 30.6 Å². The first-order valence-corrected chi connectivity index (χ1v) is 8.07. The van der Waals surface area contributed by atoms with Gasteiger partial charge in [0.15, 0.2) is 0 Å². The van der Waals surface area contributed by atoms with Crippen molar-refractivity contribution in [3.8, 4) is 11.1 Å². The maximum absolute atomic E-state index is 12.8. The maximum Gasteiger partial charge on any atom is 0.308 e. The van der Waals surface area contributed by atoms with E-state index in [9.17, 15) is 14.7 Å². The lowest BCUT2D eigenvalue weighted by atomic mass is 9.96. The Balaban J connectivity index is 1.81. The summed E-state index contributed by atoms with van der Waals surface area (Å²) in [7, 11) is 1.86. The predicted molar refractivity (Wildman–Crippen MR) is 89.6 cm³/mol. The molecule has 1 aliphatic rings. The number of aryl methyl sites for hydroxylation is 2. The Kier molecular flexibility index (Phi) is 4.38. The summed E-state index contributed by atoms with van der Waals surface area (Å²) < 4.78 is 1.74. The molecule has 0 aliphatic carbocycles. The van der Waals surface area contributed by atoms with E-state index in [1.807, 2.05) is 38.4 Å². The summed E-state index contributed by atoms with van der Waals surface area (Å²) in [6.45, 7) is 2.82. The molecule has 24 heavy (non-hydrogen) atoms. The Morgan fingerprint density at radius 2 is 2.08 bits per heavy atom. The fourth-order valence-electron chi connectivity index (χ4n) is 3.19. The fraction of sp³-hybridized carbons (Fsp3) is 0.389. The van der Waals surface area contributed by atoms with E-state index in [1.165, 1.54) is 0 Å². The Labute approximate surface area is 140 Å². The minimum Gasteiger partial charge on any atom is -0.481 e. The lowest BCUT2D eigenvalue weighted by molar-refractivity contribution is -0.143. The molecule has 0 radical (unpaired) electrons. The summed E-state index contributed by atoms with van der Waals surface area (Å²) in [5.41, 5.74) is 3.54. The van der Waals surface area contributed by atoms with Gasteiger partial charge in [0, 0.05) is 37.5 Å². The number of carbonyl (C=O) groups is 2. The Hall–Kier alpha value is -2.63. The highest BCUT2D eigenvalue weighted by molar-refractivity contribution is 5.96. The van der Waals surface area contributed by atoms with E-state index in [-0.39, 0.29) is 12.5 Å². The van der Waals surface area contributed by atoms with Gasteiger partial charge in [-0.05, 0) is 37.0 Å². The minimum absolute atomic E-state index is 0.0869. The van der Waals surface area contributed by atoms with E-state index in [0.29, 0.717) is 18.5 Å². The van der Waals surface area contributed by atoms with E-state index in [2.05, 4.69) is 5.10 Å². The van der Waals surface area contributed by atoms with Crippen molar-refractivity contribution in [3.05, 3.63) is 41.7 Å². The number of rotatable bonds is 3. The van der Waals surface area contributed by atoms with Crippen LogP contribution in [0.3, 0.4) is 0 Å². The van der Waals surface area contributed by atoms with Gasteiger partial charge in [-0.25, -0.2) is 0 Å². The molecule has 2 aromatic rings. The smallest absolute Gasteiger partial charge is 0.308 e. The molecule has 1 aromatic carbocycles. The normalized spacial score (nSPS) is 17.8. The summed E-state index contributed by atoms with van der Waals surface area (Å²) in [5.74, 6) is -1.37. The molecule has 0 saturated carbocycles. The largest absolute Gasteiger partial charge is 0.481 e. The summed E-state index contributed by atoms with van der Waals surface area (Å²) in [4.78, 5) is 25.6. The Bertz CT molecular complexity index is 782. The molecule has 1 aliphatic heterocycles. The highest BCUT2D eigenvalue weighted by Gasteiger charge is 2.29. The molecule has 1 amide bonds. The molecule has 0 spiro atoms. The maximum atomic E-state index is 12.8. The summed E-state index contributed by atoms with van der Waals surface area (Å²) in [6, 6.07) is 5.71. The molecular formula is C18H21N3O3. The number of aromatic nitrogens is 2. The zero-order chi connectivity index (χ0) is 17.3. The molecule has 1 atom stereocenters. The first-order valence-electron chi connectivity index (χ1n) is 8.07. The quantitative estimate of drug-likeness (QED) is 0.939. The summed E-state index contributed by atoms with van der Waals surface area (Å²) in [6.07, 6.45) is 5.09. The summed E-state index contributed by atoms with van der Waals surface area (Å²) in [5, 5.41) is 13.3. The zero-order valence-corrected chi connectivity index (χ0v) is 13.9. The van der Waals surface area contributed by atoms with Gasteiger partial charge < -0.3 is 10.0 Å². The van der Waals surface area contributed by atoms with Crippen molar-refractivity contribution < 1.29 is 14.7 Å². The monoisotopic (exact) mass is 327 g/mol. The van der Waals surface area contributed by atoms with Gasteiger partial charge in [-0.15, -0.1) is 0 Å². The predicted octanol–water partition coefficient (Wildman–Crippen LogP) is 2.33. The fourth-order valence-corrected chi connectivity index (χ4v) is 3.19. The Morgan fingerprint density at radius 1 is 1.29 bits per heavy atom. The van der Waals surface area contributed by atoms with Crippen LogP contribution in [0.1, 0.15) is 28.8 Å². The van der Waals surface area contributed by atoms with Crippen molar-refractivity contribution in [2.24, 2.45) is 13.0 Å². The van der Waals surface area contributed by atoms with Crippen LogP contribution in [0.4, 0.5) is 0 Å². The van der Waals surface area contributed by atoms with Gasteiger partial charge in [0.25, 0.3) is 5.91 Å². The molecule has 1 saturated heterocycles. The average molecular weight is 327 g/mol. The zero-order valence-electron chi connectivity index (χ0n) is 13.9. The third kappa shape index (κ3) is 3.18. The Morgan fingerprint density at radius 3 is 2.71 bits per heavy atom. The number of likely N-dealkylation sites (tertiary alicyclic amines) is 1. The highest BCUT2D eigenvalue weighted by atomic mass is 16.4. The number of nitrogens with zero attached hydrogens (tertiary/aromatic N) is 3. The van der Waals surface area contributed by atoms with Gasteiger partial charge in [0.2, 0.25) is 0 Å². The number of carboxylic acids is 1. The van der Waals surface area contributed by atoms with Crippen molar-refractivity contribution in [2.75, 3.05) is 13.1 Å². The summed E-state index contributed by atoms with van der Waals surface area (Å²) >= 11 is 0. The number of hydrogen-bond donors (Lipinski definition) is 1. The molecule has 1 unspecified atom stereocenters. The van der Waals surface area contributed by atoms with Gasteiger partial charge in [-0.2, -0.15) is 5.10 Å². The van der Waals surface area contributed by atoms with E-state index in [1.54, 1.807) is 15.8 Å². The number of carboxylic acid groups (broad SMARTS) is 1. The molecule has 0 bridgehead atoms. The van der Waals surface area contributed by atoms with Crippen LogP contribution >= 0.6 is 0 Å². The first kappa shape index (κ1) is 16.2. The second-order valence-corrected chi connectivity index (χ2v) is 6.36. The van der Waals surface area contributed by atoms with E-state index < -0.39 is 11.9 Å². The van der Waals surface area contributed by atoms with E-state index >= 15 is 0 Å². The van der Waals surface area contributed by atoms with Crippen LogP contribution in [0.5, 0.6) is 0 Å². The van der Waals surface area contributed by atoms with Gasteiger partial charge in [0.05, 0.1) is 12.1 Å². The molecule has 126 valence electrons. The lowest BCUT2D eigenvalue weighted by Crippen LogP contribution is -2.42. The topological polar surface area (TPSA) is 75.4 Å². The van der Waals surface area contributed by atoms with E-state index in [4.69, 9.17) is 0 Å². The van der Waals surface area contributed by atoms with Gasteiger partial charge >= 0.3 is 5.97 Å². The molecule has 1 aromatic heterocycles. The number of piperidine rings is 1. The van der Waals surface area contributed by atoms with Crippen molar-refractivity contribution in [3.63, 3.8) is 0 Å². The molecule has 1 N–H and O–H groups in total. The van der Waals surface area contributed by atoms with Crippen molar-refractivity contribution >= 4 is 11.9 Å². The van der Waals surface area contributed by atoms with Gasteiger partial charge in [-0.1, -0.05) is 12.1 Å². The third-order valence-corrected chi connectivity index (χ3v) is 4.55. The van der Waals surface area contributed by atoms with Crippen LogP contribution in [-0.4, -0.2) is 44.8 Å². The van der Waals surface area contributed by atoms with Crippen molar-refractivity contribution in [2.45, 2.75) is 19.8 Å². The molecular weight excluding hydrogens is 306 g/mol. The van der Waals surface area contributed by atoms with E-state index in [0.717, 1.165) is 23.1 Å². The molecule has 1 fully saturated rings. The van der Waals surface area contributed by atoms with Crippen LogP contribution < -0.4 is 0 Å². The second-order valence-electron chi connectivity index (χ2n) is 6.36. The SMILES string of the molecule is Cc1cc(-c2cnn(C)c2)ccc1C(=O)N1CCCC(C(=O)O)C1. The third-order valence-electron chi connectivity index (χ3n) is 4.55. The molecule has 3 rings (SSSR count). The number of benzene rings is 1. The van der Waals surface area contributed by atoms with Crippen LogP contribution in [0.2, 0.25) is 0 Å². The van der Waals surface area contributed by atoms with Crippen LogP contribution in [0, 0.1) is 12.8 Å². The molecule has 6 nitrogen and oxygen atoms in total. The number of aliphatic carboxylic acids is 1. The van der Waals surface area contributed by atoms with Crippen LogP contribution in [0.25, 0.3) is 11.1 Å². The van der Waals surface area contributed by atoms with Crippen molar-refractivity contribution in [1.29, 1.82) is 0 Å². The standard InChI is InChI=1S/C18H21N3O3/c1-12-8-13(15-9-19-20(2)10-15)5-6-16(12)17(22)21-7-3-4-14(11-21)18(23)24/h5-6,8-10,14H,3-4,7,11H2,1-2H3,(H,23,24). The van der Waals surface area contributed by atoms with Crippen LogP contribution in [-0.2, 0) is 11.8 Å². The molecule has 6 heteroatoms. The number of carbonyl (C=O) groups excluding carboxylic acids is 1. The molecule has 2 heterocycles. The van der Waals surface area contributed by atoms with Gasteiger partial charge in [-0.3, -0.25) is 14.3 Å². The average Bonchev–Trinajstić information content (AvgIpc) is 3.01. The number of amides is 1. The second kappa shape index (κ2) is 6.47. The highest BCUT2D eigenvalue weighted by Crippen LogP contribution is 2.24. The number of hydrogen-bond acceptors (Lipinski definition) is 3. The van der Waals surface area contributed by atoms with Crippen molar-refractivity contribution in [1.82, 2.24) is 14.7 Å².